The van der Waals surface area contributed by atoms with Crippen LogP contribution in [0.5, 0.6) is 0 Å². The number of hydrogen-bond donors (Lipinski definition) is 0. The molecule has 0 saturated carbocycles. The van der Waals surface area contributed by atoms with E-state index in [1.54, 1.807) is 19.1 Å². The summed E-state index contributed by atoms with van der Waals surface area (Å²) in [6.07, 6.45) is 0. The van der Waals surface area contributed by atoms with Crippen LogP contribution in [0.1, 0.15) is 12.5 Å². The van der Waals surface area contributed by atoms with E-state index in [4.69, 9.17) is 0 Å². The van der Waals surface area contributed by atoms with Gasteiger partial charge in [0.15, 0.2) is 0 Å². The summed E-state index contributed by atoms with van der Waals surface area (Å²) >= 11 is 3.22. The van der Waals surface area contributed by atoms with Crippen LogP contribution in [-0.2, 0) is 20.9 Å². The third kappa shape index (κ3) is 3.80. The predicted molar refractivity (Wildman–Crippen MR) is 67.2 cm³/mol. The predicted octanol–water partition coefficient (Wildman–Crippen LogP) is 2.11. The van der Waals surface area contributed by atoms with Gasteiger partial charge in [-0.25, -0.2) is 9.18 Å². The lowest BCUT2D eigenvalue weighted by molar-refractivity contribution is -0.159. The van der Waals surface area contributed by atoms with Crippen molar-refractivity contribution in [1.29, 1.82) is 0 Å². The minimum absolute atomic E-state index is 0.00290. The minimum atomic E-state index is -0.935. The molecule has 98 valence electrons. The molecule has 18 heavy (non-hydrogen) atoms. The quantitative estimate of drug-likeness (QED) is 0.633. The average molecular weight is 318 g/mol. The zero-order chi connectivity index (χ0) is 13.7. The van der Waals surface area contributed by atoms with E-state index in [2.05, 4.69) is 20.7 Å². The fourth-order valence-electron chi connectivity index (χ4n) is 1.34. The van der Waals surface area contributed by atoms with Crippen LogP contribution in [0.2, 0.25) is 0 Å². The van der Waals surface area contributed by atoms with Gasteiger partial charge < -0.3 is 9.64 Å². The third-order valence-electron chi connectivity index (χ3n) is 2.21. The van der Waals surface area contributed by atoms with E-state index in [-0.39, 0.29) is 13.2 Å². The number of halogens is 2. The zero-order valence-corrected chi connectivity index (χ0v) is 11.7. The second-order valence-corrected chi connectivity index (χ2v) is 4.53. The van der Waals surface area contributed by atoms with Crippen molar-refractivity contribution in [1.82, 2.24) is 4.90 Å². The molecule has 0 spiro atoms. The normalized spacial score (nSPS) is 10.0. The summed E-state index contributed by atoms with van der Waals surface area (Å²) in [6, 6.07) is 4.42. The van der Waals surface area contributed by atoms with Crippen LogP contribution in [0.15, 0.2) is 22.7 Å². The number of nitrogens with zero attached hydrogens (tertiary/aromatic N) is 1. The van der Waals surface area contributed by atoms with Crippen LogP contribution in [0, 0.1) is 5.82 Å². The Morgan fingerprint density at radius 1 is 1.44 bits per heavy atom. The molecular formula is C12H13BrFNO3. The fraction of sp³-hybridized carbons (Fsp3) is 0.333. The molecule has 0 aromatic heterocycles. The van der Waals surface area contributed by atoms with Crippen LogP contribution in [-0.4, -0.2) is 30.4 Å². The topological polar surface area (TPSA) is 46.6 Å². The number of carbonyl (C=O) groups excluding carboxylic acids is 2. The molecule has 0 unspecified atom stereocenters. The van der Waals surface area contributed by atoms with Crippen molar-refractivity contribution in [3.63, 3.8) is 0 Å². The van der Waals surface area contributed by atoms with E-state index in [9.17, 15) is 14.0 Å². The lowest BCUT2D eigenvalue weighted by Gasteiger charge is -2.16. The maximum atomic E-state index is 13.5. The molecule has 1 amide bonds. The third-order valence-corrected chi connectivity index (χ3v) is 2.71. The highest BCUT2D eigenvalue weighted by Crippen LogP contribution is 2.16. The Hall–Kier alpha value is -1.43. The molecule has 0 N–H and O–H groups in total. The van der Waals surface area contributed by atoms with Crippen molar-refractivity contribution in [2.24, 2.45) is 0 Å². The van der Waals surface area contributed by atoms with E-state index < -0.39 is 17.7 Å². The van der Waals surface area contributed by atoms with Crippen molar-refractivity contribution in [2.45, 2.75) is 13.5 Å². The highest BCUT2D eigenvalue weighted by Gasteiger charge is 2.20. The molecule has 1 aromatic rings. The van der Waals surface area contributed by atoms with E-state index in [0.717, 1.165) is 4.90 Å². The Morgan fingerprint density at radius 2 is 2.11 bits per heavy atom. The van der Waals surface area contributed by atoms with Gasteiger partial charge in [-0.3, -0.25) is 4.79 Å². The Balaban J connectivity index is 2.75. The monoisotopic (exact) mass is 317 g/mol. The van der Waals surface area contributed by atoms with Gasteiger partial charge in [0.1, 0.15) is 5.82 Å². The highest BCUT2D eigenvalue weighted by molar-refractivity contribution is 9.10. The van der Waals surface area contributed by atoms with E-state index in [0.29, 0.717) is 10.0 Å². The molecule has 0 radical (unpaired) electrons. The van der Waals surface area contributed by atoms with Crippen LogP contribution < -0.4 is 0 Å². The number of esters is 1. The summed E-state index contributed by atoms with van der Waals surface area (Å²) < 4.78 is 18.8. The van der Waals surface area contributed by atoms with E-state index in [1.165, 1.54) is 13.1 Å². The van der Waals surface area contributed by atoms with Gasteiger partial charge in [-0.1, -0.05) is 15.9 Å². The standard InChI is InChI=1S/C12H13BrFNO3/c1-3-18-12(17)11(16)15(2)7-8-6-9(13)4-5-10(8)14/h4-6H,3,7H2,1-2H3. The molecule has 0 atom stereocenters. The lowest BCUT2D eigenvalue weighted by Crippen LogP contribution is -2.34. The summed E-state index contributed by atoms with van der Waals surface area (Å²) in [6.45, 7) is 1.74. The SMILES string of the molecule is CCOC(=O)C(=O)N(C)Cc1cc(Br)ccc1F. The number of carbonyl (C=O) groups is 2. The maximum Gasteiger partial charge on any atom is 0.397 e. The number of rotatable bonds is 3. The van der Waals surface area contributed by atoms with Crippen molar-refractivity contribution in [3.05, 3.63) is 34.1 Å². The molecule has 1 aromatic carbocycles. The Bertz CT molecular complexity index is 465. The van der Waals surface area contributed by atoms with Crippen molar-refractivity contribution in [2.75, 3.05) is 13.7 Å². The Kier molecular flexibility index (Phi) is 5.27. The first-order chi connectivity index (χ1) is 8.45. The van der Waals surface area contributed by atoms with Gasteiger partial charge in [-0.05, 0) is 25.1 Å². The first kappa shape index (κ1) is 14.6. The molecule has 0 aliphatic heterocycles. The van der Waals surface area contributed by atoms with Gasteiger partial charge in [0.25, 0.3) is 0 Å². The number of ether oxygens (including phenoxy) is 1. The van der Waals surface area contributed by atoms with Crippen molar-refractivity contribution >= 4 is 27.8 Å². The summed E-state index contributed by atoms with van der Waals surface area (Å²) in [7, 11) is 1.42. The first-order valence-electron chi connectivity index (χ1n) is 5.31. The summed E-state index contributed by atoms with van der Waals surface area (Å²) in [4.78, 5) is 23.9. The number of hydrogen-bond acceptors (Lipinski definition) is 3. The first-order valence-corrected chi connectivity index (χ1v) is 6.11. The molecule has 1 rings (SSSR count). The Morgan fingerprint density at radius 3 is 2.72 bits per heavy atom. The minimum Gasteiger partial charge on any atom is -0.459 e. The van der Waals surface area contributed by atoms with Crippen LogP contribution >= 0.6 is 15.9 Å². The number of likely N-dealkylation sites (N-methyl/N-ethyl adjacent to an activating group) is 1. The van der Waals surface area contributed by atoms with Gasteiger partial charge in [0.05, 0.1) is 6.61 Å². The molecule has 0 saturated heterocycles. The second kappa shape index (κ2) is 6.49. The number of benzene rings is 1. The molecule has 4 nitrogen and oxygen atoms in total. The van der Waals surface area contributed by atoms with Crippen molar-refractivity contribution in [3.8, 4) is 0 Å². The van der Waals surface area contributed by atoms with Crippen LogP contribution in [0.3, 0.4) is 0 Å². The second-order valence-electron chi connectivity index (χ2n) is 3.62. The Labute approximate surface area is 113 Å². The van der Waals surface area contributed by atoms with Gasteiger partial charge in [0, 0.05) is 23.6 Å². The molecule has 0 bridgehead atoms. The summed E-state index contributed by atoms with van der Waals surface area (Å²) in [5.74, 6) is -2.16. The molecule has 0 fully saturated rings. The number of amides is 1. The largest absolute Gasteiger partial charge is 0.459 e. The van der Waals surface area contributed by atoms with E-state index in [1.807, 2.05) is 0 Å². The smallest absolute Gasteiger partial charge is 0.397 e. The molecule has 0 heterocycles. The lowest BCUT2D eigenvalue weighted by atomic mass is 10.2. The van der Waals surface area contributed by atoms with Gasteiger partial charge in [-0.2, -0.15) is 0 Å². The van der Waals surface area contributed by atoms with Crippen LogP contribution in [0.25, 0.3) is 0 Å². The van der Waals surface area contributed by atoms with Crippen LogP contribution in [0.4, 0.5) is 4.39 Å². The van der Waals surface area contributed by atoms with Gasteiger partial charge >= 0.3 is 11.9 Å². The zero-order valence-electron chi connectivity index (χ0n) is 10.1. The summed E-state index contributed by atoms with van der Waals surface area (Å²) in [5, 5.41) is 0. The molecule has 6 heteroatoms. The highest BCUT2D eigenvalue weighted by atomic mass is 79.9. The fourth-order valence-corrected chi connectivity index (χ4v) is 1.75. The maximum absolute atomic E-state index is 13.5. The molecule has 0 aliphatic carbocycles. The van der Waals surface area contributed by atoms with Gasteiger partial charge in [0.2, 0.25) is 0 Å². The molecule has 0 aliphatic rings. The molecular weight excluding hydrogens is 305 g/mol. The average Bonchev–Trinajstić information content (AvgIpc) is 2.33. The van der Waals surface area contributed by atoms with Gasteiger partial charge in [-0.15, -0.1) is 0 Å². The van der Waals surface area contributed by atoms with E-state index >= 15 is 0 Å². The van der Waals surface area contributed by atoms with Crippen molar-refractivity contribution < 1.29 is 18.7 Å². The summed E-state index contributed by atoms with van der Waals surface area (Å²) in [5.41, 5.74) is 0.324.